The van der Waals surface area contributed by atoms with Crippen LogP contribution in [0.5, 0.6) is 0 Å². The summed E-state index contributed by atoms with van der Waals surface area (Å²) in [6.07, 6.45) is -0.386. The first-order valence-electron chi connectivity index (χ1n) is 13.5. The van der Waals surface area contributed by atoms with Crippen LogP contribution in [-0.4, -0.2) is 69.4 Å². The molecular formula is C30H35N5O4S. The molecule has 40 heavy (non-hydrogen) atoms. The lowest BCUT2D eigenvalue weighted by Crippen LogP contribution is -2.55. The summed E-state index contributed by atoms with van der Waals surface area (Å²) < 4.78 is 0. The highest BCUT2D eigenvalue weighted by molar-refractivity contribution is 7.13. The number of oxime groups is 1. The van der Waals surface area contributed by atoms with Crippen LogP contribution in [0.25, 0.3) is 10.4 Å². The standard InChI is InChI=1S/C30H35N5O4S/c1-18(2)26(35-15-22-7-5-6-8-24(22)29(35)37)30(38)34-16-23(36)13-25(34)28(33-39-4)31-14-20-9-11-21(12-10-20)27-19(3)32-17-40-27/h5-12,17-18,23,25-26,36H,13-16H2,1-4H3,(H,31,33)/t23-,25?,26+/m1/s1. The zero-order valence-corrected chi connectivity index (χ0v) is 24.0. The number of carbonyl (C=O) groups is 2. The van der Waals surface area contributed by atoms with Gasteiger partial charge in [0.1, 0.15) is 13.2 Å². The van der Waals surface area contributed by atoms with Crippen molar-refractivity contribution < 1.29 is 19.5 Å². The Bertz CT molecular complexity index is 1400. The summed E-state index contributed by atoms with van der Waals surface area (Å²) in [6.45, 7) is 6.90. The number of thiazole rings is 1. The topological polar surface area (TPSA) is 107 Å². The van der Waals surface area contributed by atoms with E-state index in [-0.39, 0.29) is 24.3 Å². The van der Waals surface area contributed by atoms with Crippen LogP contribution in [0.4, 0.5) is 0 Å². The zero-order valence-electron chi connectivity index (χ0n) is 23.2. The SMILES string of the molecule is CO/N=C(/NCc1ccc(-c2scnc2C)cc1)C1C[C@@H](O)CN1C(=O)[C@H](C(C)C)N1Cc2ccccc2C1=O. The molecule has 0 radical (unpaired) electrons. The lowest BCUT2D eigenvalue weighted by Gasteiger charge is -2.35. The number of aliphatic hydroxyl groups excluding tert-OH is 1. The number of nitrogens with zero attached hydrogens (tertiary/aromatic N) is 4. The molecule has 0 aliphatic carbocycles. The van der Waals surface area contributed by atoms with Crippen LogP contribution in [0.15, 0.2) is 59.2 Å². The fourth-order valence-corrected chi connectivity index (χ4v) is 6.43. The fourth-order valence-electron chi connectivity index (χ4n) is 5.62. The van der Waals surface area contributed by atoms with E-state index in [1.54, 1.807) is 27.2 Å². The molecule has 5 rings (SSSR count). The van der Waals surface area contributed by atoms with Gasteiger partial charge in [-0.25, -0.2) is 4.98 Å². The highest BCUT2D eigenvalue weighted by atomic mass is 32.1. The summed E-state index contributed by atoms with van der Waals surface area (Å²) in [5.41, 5.74) is 6.56. The number of likely N-dealkylation sites (tertiary alicyclic amines) is 1. The van der Waals surface area contributed by atoms with Crippen molar-refractivity contribution in [3.63, 3.8) is 0 Å². The molecule has 2 N–H and O–H groups in total. The molecule has 210 valence electrons. The molecule has 0 bridgehead atoms. The second-order valence-electron chi connectivity index (χ2n) is 10.7. The summed E-state index contributed by atoms with van der Waals surface area (Å²) in [7, 11) is 1.46. The Morgan fingerprint density at radius 2 is 1.98 bits per heavy atom. The number of amides is 2. The molecule has 1 fully saturated rings. The number of carbonyl (C=O) groups excluding carboxylic acids is 2. The van der Waals surface area contributed by atoms with Gasteiger partial charge in [-0.2, -0.15) is 0 Å². The van der Waals surface area contributed by atoms with E-state index in [1.807, 2.05) is 56.6 Å². The Kier molecular flexibility index (Phi) is 8.18. The molecule has 9 nitrogen and oxygen atoms in total. The van der Waals surface area contributed by atoms with Crippen LogP contribution in [-0.2, 0) is 22.7 Å². The number of hydrogen-bond donors (Lipinski definition) is 2. The van der Waals surface area contributed by atoms with E-state index in [0.717, 1.165) is 27.3 Å². The maximum Gasteiger partial charge on any atom is 0.255 e. The quantitative estimate of drug-likeness (QED) is 0.246. The van der Waals surface area contributed by atoms with Crippen LogP contribution in [0, 0.1) is 12.8 Å². The Balaban J connectivity index is 1.33. The second kappa shape index (κ2) is 11.8. The van der Waals surface area contributed by atoms with E-state index in [2.05, 4.69) is 27.6 Å². The molecule has 2 aliphatic rings. The molecule has 3 heterocycles. The monoisotopic (exact) mass is 561 g/mol. The lowest BCUT2D eigenvalue weighted by atomic mass is 10.00. The van der Waals surface area contributed by atoms with Crippen LogP contribution < -0.4 is 5.32 Å². The largest absolute Gasteiger partial charge is 0.398 e. The van der Waals surface area contributed by atoms with Crippen molar-refractivity contribution in [1.29, 1.82) is 0 Å². The van der Waals surface area contributed by atoms with Crippen LogP contribution in [0.3, 0.4) is 0 Å². The molecule has 2 aliphatic heterocycles. The number of benzene rings is 2. The fraction of sp³-hybridized carbons (Fsp3) is 0.400. The lowest BCUT2D eigenvalue weighted by molar-refractivity contribution is -0.138. The second-order valence-corrected chi connectivity index (χ2v) is 11.5. The molecule has 1 unspecified atom stereocenters. The van der Waals surface area contributed by atoms with Gasteiger partial charge in [0, 0.05) is 31.6 Å². The predicted octanol–water partition coefficient (Wildman–Crippen LogP) is 3.81. The van der Waals surface area contributed by atoms with Crippen LogP contribution in [0.1, 0.15) is 47.4 Å². The number of rotatable bonds is 8. The van der Waals surface area contributed by atoms with Crippen LogP contribution in [0.2, 0.25) is 0 Å². The van der Waals surface area contributed by atoms with Gasteiger partial charge in [0.2, 0.25) is 5.91 Å². The van der Waals surface area contributed by atoms with Gasteiger partial charge in [0.25, 0.3) is 5.91 Å². The van der Waals surface area contributed by atoms with Gasteiger partial charge in [-0.1, -0.05) is 61.5 Å². The highest BCUT2D eigenvalue weighted by Gasteiger charge is 2.45. The number of aliphatic hydroxyl groups is 1. The average Bonchev–Trinajstić information content (AvgIpc) is 3.64. The van der Waals surface area contributed by atoms with Gasteiger partial charge in [-0.3, -0.25) is 9.59 Å². The third kappa shape index (κ3) is 5.46. The van der Waals surface area contributed by atoms with E-state index >= 15 is 0 Å². The number of fused-ring (bicyclic) bond motifs is 1. The first kappa shape index (κ1) is 27.8. The zero-order chi connectivity index (χ0) is 28.4. The Hall–Kier alpha value is -3.76. The maximum absolute atomic E-state index is 14.1. The van der Waals surface area contributed by atoms with Crippen molar-refractivity contribution in [1.82, 2.24) is 20.1 Å². The van der Waals surface area contributed by atoms with Crippen molar-refractivity contribution in [2.75, 3.05) is 13.7 Å². The van der Waals surface area contributed by atoms with E-state index in [1.165, 1.54) is 7.11 Å². The van der Waals surface area contributed by atoms with Crippen LogP contribution >= 0.6 is 11.3 Å². The van der Waals surface area contributed by atoms with Crippen molar-refractivity contribution in [2.24, 2.45) is 11.1 Å². The van der Waals surface area contributed by atoms with Gasteiger partial charge in [-0.15, -0.1) is 11.3 Å². The smallest absolute Gasteiger partial charge is 0.255 e. The molecule has 3 atom stereocenters. The first-order valence-corrected chi connectivity index (χ1v) is 14.4. The number of nitrogens with one attached hydrogen (secondary N) is 1. The molecular weight excluding hydrogens is 526 g/mol. The summed E-state index contributed by atoms with van der Waals surface area (Å²) in [5.74, 6) is 0.00126. The van der Waals surface area contributed by atoms with Crippen molar-refractivity contribution in [3.05, 3.63) is 76.4 Å². The number of β-amino-alcohol motifs (C(OH)–C–C–N with tert-alkyl or cyclic N) is 1. The van der Waals surface area contributed by atoms with E-state index in [0.29, 0.717) is 30.9 Å². The maximum atomic E-state index is 14.1. The molecule has 2 aromatic carbocycles. The van der Waals surface area contributed by atoms with E-state index in [4.69, 9.17) is 4.84 Å². The minimum absolute atomic E-state index is 0.124. The third-order valence-corrected chi connectivity index (χ3v) is 8.55. The molecule has 0 spiro atoms. The molecule has 1 saturated heterocycles. The van der Waals surface area contributed by atoms with Gasteiger partial charge in [-0.05, 0) is 35.6 Å². The molecule has 10 heteroatoms. The summed E-state index contributed by atoms with van der Waals surface area (Å²) in [5, 5.41) is 18.2. The molecule has 0 saturated carbocycles. The number of aromatic nitrogens is 1. The van der Waals surface area contributed by atoms with Gasteiger partial charge in [0.15, 0.2) is 5.84 Å². The Morgan fingerprint density at radius 1 is 1.23 bits per heavy atom. The normalized spacial score (nSPS) is 19.8. The minimum Gasteiger partial charge on any atom is -0.398 e. The number of hydrogen-bond acceptors (Lipinski definition) is 7. The number of aryl methyl sites for hydroxylation is 1. The Morgan fingerprint density at radius 3 is 2.62 bits per heavy atom. The Labute approximate surface area is 238 Å². The molecule has 3 aromatic rings. The van der Waals surface area contributed by atoms with E-state index in [9.17, 15) is 14.7 Å². The van der Waals surface area contributed by atoms with Gasteiger partial charge >= 0.3 is 0 Å². The highest BCUT2D eigenvalue weighted by Crippen LogP contribution is 2.31. The van der Waals surface area contributed by atoms with Gasteiger partial charge in [0.05, 0.1) is 28.2 Å². The summed E-state index contributed by atoms with van der Waals surface area (Å²) >= 11 is 1.62. The minimum atomic E-state index is -0.709. The van der Waals surface area contributed by atoms with Crippen molar-refractivity contribution >= 4 is 29.0 Å². The van der Waals surface area contributed by atoms with E-state index < -0.39 is 18.2 Å². The van der Waals surface area contributed by atoms with Crippen molar-refractivity contribution in [2.45, 2.75) is 58.5 Å². The molecule has 1 aromatic heterocycles. The number of amidine groups is 1. The third-order valence-electron chi connectivity index (χ3n) is 7.57. The molecule has 2 amide bonds. The summed E-state index contributed by atoms with van der Waals surface area (Å²) in [6, 6.07) is 14.5. The first-order chi connectivity index (χ1) is 19.3. The predicted molar refractivity (Wildman–Crippen MR) is 155 cm³/mol. The summed E-state index contributed by atoms with van der Waals surface area (Å²) in [4.78, 5) is 41.3. The average molecular weight is 562 g/mol. The van der Waals surface area contributed by atoms with Crippen molar-refractivity contribution in [3.8, 4) is 10.4 Å². The van der Waals surface area contributed by atoms with Gasteiger partial charge < -0.3 is 25.1 Å².